The quantitative estimate of drug-likeness (QED) is 0.0546. The van der Waals surface area contributed by atoms with Crippen molar-refractivity contribution < 1.29 is 37.6 Å². The monoisotopic (exact) mass is 549 g/mol. The Kier molecular flexibility index (Phi) is 24.2. The molecule has 0 saturated carbocycles. The van der Waals surface area contributed by atoms with Crippen LogP contribution in [0.5, 0.6) is 0 Å². The molecule has 0 aliphatic carbocycles. The molecule has 0 aromatic carbocycles. The van der Waals surface area contributed by atoms with E-state index in [-0.39, 0.29) is 32.6 Å². The number of hydrogen-bond acceptors (Lipinski definition) is 8. The van der Waals surface area contributed by atoms with Crippen LogP contribution in [0.1, 0.15) is 117 Å². The van der Waals surface area contributed by atoms with E-state index in [0.717, 1.165) is 51.4 Å². The van der Waals surface area contributed by atoms with Crippen LogP contribution in [0.2, 0.25) is 0 Å². The van der Waals surface area contributed by atoms with Crippen LogP contribution >= 0.6 is 7.82 Å². The molecule has 0 aliphatic heterocycles. The van der Waals surface area contributed by atoms with E-state index in [9.17, 15) is 19.0 Å². The third-order valence-electron chi connectivity index (χ3n) is 5.75. The van der Waals surface area contributed by atoms with Crippen molar-refractivity contribution in [2.24, 2.45) is 5.73 Å². The molecule has 10 heteroatoms. The fourth-order valence-corrected chi connectivity index (χ4v) is 4.40. The van der Waals surface area contributed by atoms with Gasteiger partial charge in [0.25, 0.3) is 0 Å². The Hall–Kier alpha value is -1.25. The lowest BCUT2D eigenvalue weighted by molar-refractivity contribution is -0.161. The van der Waals surface area contributed by atoms with Crippen molar-refractivity contribution in [1.29, 1.82) is 0 Å². The van der Waals surface area contributed by atoms with Crippen LogP contribution in [-0.2, 0) is 32.7 Å². The molecule has 0 aromatic rings. The third kappa shape index (κ3) is 24.8. The van der Waals surface area contributed by atoms with Gasteiger partial charge in [0.2, 0.25) is 0 Å². The van der Waals surface area contributed by atoms with Crippen molar-refractivity contribution in [2.75, 3.05) is 26.4 Å². The van der Waals surface area contributed by atoms with Crippen LogP contribution in [0.15, 0.2) is 12.2 Å². The van der Waals surface area contributed by atoms with Crippen molar-refractivity contribution >= 4 is 19.8 Å². The van der Waals surface area contributed by atoms with Crippen molar-refractivity contribution in [3.63, 3.8) is 0 Å². The summed E-state index contributed by atoms with van der Waals surface area (Å²) in [5.74, 6) is -0.853. The van der Waals surface area contributed by atoms with Crippen LogP contribution in [-0.4, -0.2) is 49.3 Å². The van der Waals surface area contributed by atoms with Gasteiger partial charge in [0.05, 0.1) is 13.2 Å². The summed E-state index contributed by atoms with van der Waals surface area (Å²) in [6.45, 7) is 3.42. The van der Waals surface area contributed by atoms with Gasteiger partial charge < -0.3 is 20.1 Å². The number of allylic oxidation sites excluding steroid dienone is 2. The third-order valence-corrected chi connectivity index (χ3v) is 6.73. The Morgan fingerprint density at radius 2 is 1.41 bits per heavy atom. The standard InChI is InChI=1S/C27H52NO8P/c1-3-5-7-9-11-13-15-17-19-26(29)33-23-25(24-35-37(31,32)34-22-21-28)36-27(30)20-18-16-14-12-10-8-6-4-2/h4,6,25H,3,5,7-24,28H2,1-2H3,(H,31,32)/b6-4+/t25-/m1/s1. The molecule has 0 saturated heterocycles. The number of phosphoric acid groups is 1. The highest BCUT2D eigenvalue weighted by molar-refractivity contribution is 7.47. The average Bonchev–Trinajstić information content (AvgIpc) is 2.87. The first-order valence-corrected chi connectivity index (χ1v) is 15.6. The number of carbonyl (C=O) groups excluding carboxylic acids is 2. The molecule has 37 heavy (non-hydrogen) atoms. The van der Waals surface area contributed by atoms with Crippen LogP contribution in [0.25, 0.3) is 0 Å². The van der Waals surface area contributed by atoms with Gasteiger partial charge >= 0.3 is 19.8 Å². The molecule has 9 nitrogen and oxygen atoms in total. The molecule has 0 radical (unpaired) electrons. The number of carbonyl (C=O) groups is 2. The maximum absolute atomic E-state index is 12.3. The minimum atomic E-state index is -4.35. The van der Waals surface area contributed by atoms with Crippen molar-refractivity contribution in [3.05, 3.63) is 12.2 Å². The summed E-state index contributed by atoms with van der Waals surface area (Å²) in [5.41, 5.74) is 5.28. The predicted octanol–water partition coefficient (Wildman–Crippen LogP) is 6.37. The van der Waals surface area contributed by atoms with Crippen molar-refractivity contribution in [1.82, 2.24) is 0 Å². The predicted molar refractivity (Wildman–Crippen MR) is 146 cm³/mol. The minimum absolute atomic E-state index is 0.0536. The number of rotatable bonds is 26. The largest absolute Gasteiger partial charge is 0.472 e. The van der Waals surface area contributed by atoms with E-state index in [0.29, 0.717) is 6.42 Å². The maximum atomic E-state index is 12.3. The van der Waals surface area contributed by atoms with Gasteiger partial charge in [-0.05, 0) is 32.6 Å². The highest BCUT2D eigenvalue weighted by Gasteiger charge is 2.25. The summed E-state index contributed by atoms with van der Waals surface area (Å²) in [7, 11) is -4.35. The molecule has 3 N–H and O–H groups in total. The van der Waals surface area contributed by atoms with Gasteiger partial charge in [-0.1, -0.05) is 83.3 Å². The Morgan fingerprint density at radius 3 is 2.00 bits per heavy atom. The first kappa shape index (κ1) is 35.8. The lowest BCUT2D eigenvalue weighted by Gasteiger charge is -2.19. The molecule has 218 valence electrons. The number of hydrogen-bond donors (Lipinski definition) is 2. The van der Waals surface area contributed by atoms with Gasteiger partial charge in [-0.15, -0.1) is 0 Å². The van der Waals surface area contributed by atoms with E-state index in [4.69, 9.17) is 24.3 Å². The number of ether oxygens (including phenoxy) is 2. The number of phosphoric ester groups is 1. The molecule has 0 bridgehead atoms. The zero-order chi connectivity index (χ0) is 27.6. The van der Waals surface area contributed by atoms with Gasteiger partial charge in [0.1, 0.15) is 6.61 Å². The number of nitrogens with two attached hydrogens (primary N) is 1. The summed E-state index contributed by atoms with van der Waals surface area (Å²) in [5, 5.41) is 0. The number of unbranched alkanes of at least 4 members (excludes halogenated alkanes) is 12. The topological polar surface area (TPSA) is 134 Å². The molecule has 0 aliphatic rings. The average molecular weight is 550 g/mol. The van der Waals surface area contributed by atoms with Crippen LogP contribution in [0.4, 0.5) is 0 Å². The molecule has 1 unspecified atom stereocenters. The van der Waals surface area contributed by atoms with E-state index in [2.05, 4.69) is 13.0 Å². The molecule has 0 fully saturated rings. The van der Waals surface area contributed by atoms with Crippen LogP contribution < -0.4 is 5.73 Å². The highest BCUT2D eigenvalue weighted by Crippen LogP contribution is 2.43. The van der Waals surface area contributed by atoms with E-state index in [1.165, 1.54) is 32.1 Å². The minimum Gasteiger partial charge on any atom is -0.462 e. The number of esters is 2. The van der Waals surface area contributed by atoms with Gasteiger partial charge in [0.15, 0.2) is 6.10 Å². The smallest absolute Gasteiger partial charge is 0.462 e. The first-order valence-electron chi connectivity index (χ1n) is 14.1. The maximum Gasteiger partial charge on any atom is 0.472 e. The lowest BCUT2D eigenvalue weighted by atomic mass is 10.1. The second kappa shape index (κ2) is 25.1. The Bertz CT molecular complexity index is 644. The van der Waals surface area contributed by atoms with Crippen molar-refractivity contribution in [2.45, 2.75) is 123 Å². The summed E-state index contributed by atoms with van der Waals surface area (Å²) in [6.07, 6.45) is 18.6. The van der Waals surface area contributed by atoms with Gasteiger partial charge in [-0.2, -0.15) is 0 Å². The molecular weight excluding hydrogens is 497 g/mol. The molecular formula is C27H52NO8P. The van der Waals surface area contributed by atoms with Crippen LogP contribution in [0, 0.1) is 0 Å². The summed E-state index contributed by atoms with van der Waals surface area (Å²) >= 11 is 0. The van der Waals surface area contributed by atoms with Gasteiger partial charge in [0, 0.05) is 19.4 Å². The van der Waals surface area contributed by atoms with Crippen molar-refractivity contribution in [3.8, 4) is 0 Å². The lowest BCUT2D eigenvalue weighted by Crippen LogP contribution is -2.29. The summed E-state index contributed by atoms with van der Waals surface area (Å²) in [4.78, 5) is 34.2. The second-order valence-electron chi connectivity index (χ2n) is 9.28. The summed E-state index contributed by atoms with van der Waals surface area (Å²) < 4.78 is 32.2. The van der Waals surface area contributed by atoms with Crippen LogP contribution in [0.3, 0.4) is 0 Å². The van der Waals surface area contributed by atoms with Gasteiger partial charge in [-0.25, -0.2) is 4.57 Å². The summed E-state index contributed by atoms with van der Waals surface area (Å²) in [6, 6.07) is 0. The second-order valence-corrected chi connectivity index (χ2v) is 10.7. The SMILES string of the molecule is C/C=C/CCCCCCCC(=O)O[C@H](COC(=O)CCCCCCCCCC)COP(=O)(O)OCCN. The van der Waals surface area contributed by atoms with E-state index in [1.54, 1.807) is 0 Å². The zero-order valence-corrected chi connectivity index (χ0v) is 24.1. The molecule has 0 spiro atoms. The molecule has 0 rings (SSSR count). The fraction of sp³-hybridized carbons (Fsp3) is 0.852. The molecule has 0 heterocycles. The molecule has 2 atom stereocenters. The van der Waals surface area contributed by atoms with E-state index >= 15 is 0 Å². The zero-order valence-electron chi connectivity index (χ0n) is 23.2. The Balaban J connectivity index is 4.39. The molecule has 0 amide bonds. The van der Waals surface area contributed by atoms with Gasteiger partial charge in [-0.3, -0.25) is 18.6 Å². The Labute approximate surface area is 224 Å². The first-order chi connectivity index (χ1) is 17.8. The van der Waals surface area contributed by atoms with E-state index < -0.39 is 32.5 Å². The Morgan fingerprint density at radius 1 is 0.838 bits per heavy atom. The van der Waals surface area contributed by atoms with E-state index in [1.807, 2.05) is 13.0 Å². The fourth-order valence-electron chi connectivity index (χ4n) is 3.63. The molecule has 0 aromatic heterocycles. The highest BCUT2D eigenvalue weighted by atomic mass is 31.2. The normalized spacial score (nSPS) is 13.9.